The molecule has 1 aliphatic rings. The van der Waals surface area contributed by atoms with E-state index in [1.54, 1.807) is 12.1 Å². The second-order valence-corrected chi connectivity index (χ2v) is 8.37. The number of Topliss-reactive ketones (excluding diaryl/α,β-unsaturated/α-hetero) is 1. The number of rotatable bonds is 6. The Bertz CT molecular complexity index is 954. The van der Waals surface area contributed by atoms with E-state index < -0.39 is 0 Å². The number of allylic oxidation sites excluding steroid dienone is 9. The van der Waals surface area contributed by atoms with Crippen LogP contribution in [0.25, 0.3) is 0 Å². The van der Waals surface area contributed by atoms with Crippen molar-refractivity contribution in [2.24, 2.45) is 5.41 Å². The van der Waals surface area contributed by atoms with Gasteiger partial charge in [0, 0.05) is 18.2 Å². The minimum atomic E-state index is -0.227. The minimum Gasteiger partial charge on any atom is -0.508 e. The summed E-state index contributed by atoms with van der Waals surface area (Å²) >= 11 is 0. The number of nitrogens with one attached hydrogen (secondary N) is 1. The van der Waals surface area contributed by atoms with Gasteiger partial charge in [-0.25, -0.2) is 0 Å². The lowest BCUT2D eigenvalue weighted by atomic mass is 9.72. The second-order valence-electron chi connectivity index (χ2n) is 8.37. The molecule has 1 aromatic rings. The molecule has 0 heterocycles. The predicted octanol–water partition coefficient (Wildman–Crippen LogP) is 6.04. The molecule has 0 aromatic heterocycles. The molecular formula is C26H31NO3. The van der Waals surface area contributed by atoms with Crippen molar-refractivity contribution in [1.29, 1.82) is 0 Å². The van der Waals surface area contributed by atoms with Gasteiger partial charge in [-0.3, -0.25) is 9.59 Å². The van der Waals surface area contributed by atoms with Crippen LogP contribution in [0.1, 0.15) is 47.5 Å². The number of hydrogen-bond acceptors (Lipinski definition) is 3. The van der Waals surface area contributed by atoms with Gasteiger partial charge >= 0.3 is 0 Å². The molecule has 2 N–H and O–H groups in total. The Morgan fingerprint density at radius 1 is 1.10 bits per heavy atom. The molecule has 1 aliphatic carbocycles. The van der Waals surface area contributed by atoms with Gasteiger partial charge in [0.15, 0.2) is 5.78 Å². The molecule has 158 valence electrons. The fraction of sp³-hybridized carbons (Fsp3) is 0.308. The molecule has 4 nitrogen and oxygen atoms in total. The van der Waals surface area contributed by atoms with Crippen molar-refractivity contribution < 1.29 is 14.7 Å². The lowest BCUT2D eigenvalue weighted by Crippen LogP contribution is -2.24. The van der Waals surface area contributed by atoms with E-state index in [1.807, 2.05) is 45.1 Å². The Morgan fingerprint density at radius 3 is 2.43 bits per heavy atom. The summed E-state index contributed by atoms with van der Waals surface area (Å²) in [4.78, 5) is 24.1. The van der Waals surface area contributed by atoms with Crippen LogP contribution in [0.15, 0.2) is 83.0 Å². The Balaban J connectivity index is 1.99. The molecule has 0 atom stereocenters. The third-order valence-corrected chi connectivity index (χ3v) is 5.25. The normalized spacial score (nSPS) is 17.8. The van der Waals surface area contributed by atoms with Crippen LogP contribution in [0.3, 0.4) is 0 Å². The van der Waals surface area contributed by atoms with Crippen LogP contribution in [0.4, 0.5) is 5.69 Å². The zero-order valence-corrected chi connectivity index (χ0v) is 18.5. The Labute approximate surface area is 179 Å². The van der Waals surface area contributed by atoms with E-state index in [-0.39, 0.29) is 22.9 Å². The number of aromatic hydroxyl groups is 1. The molecule has 1 aromatic carbocycles. The molecule has 0 saturated carbocycles. The molecule has 0 bridgehead atoms. The first-order chi connectivity index (χ1) is 14.1. The summed E-state index contributed by atoms with van der Waals surface area (Å²) in [7, 11) is 0. The summed E-state index contributed by atoms with van der Waals surface area (Å²) in [6, 6.07) is 6.33. The fourth-order valence-corrected chi connectivity index (χ4v) is 3.36. The number of hydrogen-bond donors (Lipinski definition) is 2. The summed E-state index contributed by atoms with van der Waals surface area (Å²) in [6.45, 7) is 10.1. The highest BCUT2D eigenvalue weighted by atomic mass is 16.3. The van der Waals surface area contributed by atoms with Gasteiger partial charge in [-0.1, -0.05) is 49.8 Å². The zero-order chi connectivity index (χ0) is 22.3. The lowest BCUT2D eigenvalue weighted by molar-refractivity contribution is -0.116. The highest BCUT2D eigenvalue weighted by Crippen LogP contribution is 2.39. The van der Waals surface area contributed by atoms with E-state index in [0.29, 0.717) is 12.1 Å². The number of phenols is 1. The van der Waals surface area contributed by atoms with Gasteiger partial charge in [-0.05, 0) is 73.6 Å². The minimum absolute atomic E-state index is 0.00873. The van der Waals surface area contributed by atoms with Gasteiger partial charge < -0.3 is 10.4 Å². The molecule has 0 saturated heterocycles. The molecule has 0 spiro atoms. The maximum absolute atomic E-state index is 12.1. The highest BCUT2D eigenvalue weighted by molar-refractivity contribution is 6.00. The van der Waals surface area contributed by atoms with Gasteiger partial charge in [-0.15, -0.1) is 0 Å². The first kappa shape index (κ1) is 23.1. The van der Waals surface area contributed by atoms with Gasteiger partial charge in [-0.2, -0.15) is 0 Å². The fourth-order valence-electron chi connectivity index (χ4n) is 3.36. The summed E-state index contributed by atoms with van der Waals surface area (Å²) in [6.07, 6.45) is 12.8. The molecule has 2 rings (SSSR count). The standard InChI is InChI=1S/C26H31NO3/c1-18(9-14-23-20(3)24(29)15-16-26(23,4)5)7-6-8-19(2)17-25(30)27-21-10-12-22(28)13-11-21/h6-14,17,28H,15-16H2,1-5H3,(H,27,30)/b8-6+,14-9?,18-7?,19-17+. The van der Waals surface area contributed by atoms with E-state index in [9.17, 15) is 14.7 Å². The van der Waals surface area contributed by atoms with E-state index in [4.69, 9.17) is 0 Å². The number of benzene rings is 1. The summed E-state index contributed by atoms with van der Waals surface area (Å²) in [5.74, 6) is 0.167. The third kappa shape index (κ3) is 6.73. The quantitative estimate of drug-likeness (QED) is 0.344. The van der Waals surface area contributed by atoms with Crippen molar-refractivity contribution >= 4 is 17.4 Å². The number of carbonyl (C=O) groups excluding carboxylic acids is 2. The molecule has 0 fully saturated rings. The first-order valence-corrected chi connectivity index (χ1v) is 10.1. The molecule has 0 unspecified atom stereocenters. The number of anilines is 1. The molecule has 4 heteroatoms. The third-order valence-electron chi connectivity index (χ3n) is 5.25. The van der Waals surface area contributed by atoms with Crippen LogP contribution in [0.5, 0.6) is 5.75 Å². The second kappa shape index (κ2) is 10.1. The van der Waals surface area contributed by atoms with Crippen LogP contribution < -0.4 is 5.32 Å². The first-order valence-electron chi connectivity index (χ1n) is 10.1. The van der Waals surface area contributed by atoms with Crippen LogP contribution in [-0.2, 0) is 9.59 Å². The van der Waals surface area contributed by atoms with E-state index in [0.717, 1.165) is 28.7 Å². The molecule has 0 aliphatic heterocycles. The van der Waals surface area contributed by atoms with Gasteiger partial charge in [0.05, 0.1) is 0 Å². The Morgan fingerprint density at radius 2 is 1.77 bits per heavy atom. The molecular weight excluding hydrogens is 374 g/mol. The summed E-state index contributed by atoms with van der Waals surface area (Å²) in [5, 5.41) is 12.0. The molecule has 0 radical (unpaired) electrons. The largest absolute Gasteiger partial charge is 0.508 e. The number of phenolic OH excluding ortho intramolecular Hbond substituents is 1. The van der Waals surface area contributed by atoms with E-state index >= 15 is 0 Å². The summed E-state index contributed by atoms with van der Waals surface area (Å²) in [5.41, 5.74) is 4.48. The number of carbonyl (C=O) groups is 2. The maximum Gasteiger partial charge on any atom is 0.248 e. The van der Waals surface area contributed by atoms with Gasteiger partial charge in [0.25, 0.3) is 0 Å². The van der Waals surface area contributed by atoms with Crippen molar-refractivity contribution in [2.45, 2.75) is 47.5 Å². The highest BCUT2D eigenvalue weighted by Gasteiger charge is 2.30. The van der Waals surface area contributed by atoms with Crippen LogP contribution in [0, 0.1) is 5.41 Å². The van der Waals surface area contributed by atoms with E-state index in [2.05, 4.69) is 25.2 Å². The van der Waals surface area contributed by atoms with E-state index in [1.165, 1.54) is 18.2 Å². The van der Waals surface area contributed by atoms with Crippen molar-refractivity contribution in [3.05, 3.63) is 83.0 Å². The Hall–Kier alpha value is -3.14. The maximum atomic E-state index is 12.1. The molecule has 1 amide bonds. The van der Waals surface area contributed by atoms with Crippen molar-refractivity contribution in [3.63, 3.8) is 0 Å². The average molecular weight is 406 g/mol. The molecule has 30 heavy (non-hydrogen) atoms. The smallest absolute Gasteiger partial charge is 0.248 e. The van der Waals surface area contributed by atoms with Crippen molar-refractivity contribution in [1.82, 2.24) is 0 Å². The van der Waals surface area contributed by atoms with Crippen LogP contribution >= 0.6 is 0 Å². The SMILES string of the molecule is CC(C=CC1=C(C)C(=O)CCC1(C)C)=C/C=C/C(C)=C/C(=O)Nc1ccc(O)cc1. The van der Waals surface area contributed by atoms with Crippen LogP contribution in [-0.4, -0.2) is 16.8 Å². The Kier molecular flexibility index (Phi) is 7.76. The van der Waals surface area contributed by atoms with Gasteiger partial charge in [0.2, 0.25) is 5.91 Å². The number of ketones is 1. The topological polar surface area (TPSA) is 66.4 Å². The predicted molar refractivity (Wildman–Crippen MR) is 123 cm³/mol. The summed E-state index contributed by atoms with van der Waals surface area (Å²) < 4.78 is 0. The van der Waals surface area contributed by atoms with Crippen molar-refractivity contribution in [2.75, 3.05) is 5.32 Å². The van der Waals surface area contributed by atoms with Crippen LogP contribution in [0.2, 0.25) is 0 Å². The zero-order valence-electron chi connectivity index (χ0n) is 18.5. The van der Waals surface area contributed by atoms with Gasteiger partial charge in [0.1, 0.15) is 5.75 Å². The number of amides is 1. The lowest BCUT2D eigenvalue weighted by Gasteiger charge is -2.32. The average Bonchev–Trinajstić information content (AvgIpc) is 2.66. The monoisotopic (exact) mass is 405 g/mol. The van der Waals surface area contributed by atoms with Crippen molar-refractivity contribution in [3.8, 4) is 5.75 Å².